The van der Waals surface area contributed by atoms with Crippen LogP contribution in [0.15, 0.2) is 0 Å². The molecule has 0 saturated carbocycles. The number of aromatic nitrogens is 2. The fraction of sp³-hybridized carbons (Fsp3) is 0.583. The van der Waals surface area contributed by atoms with E-state index >= 15 is 0 Å². The summed E-state index contributed by atoms with van der Waals surface area (Å²) in [6.07, 6.45) is 0.626. The summed E-state index contributed by atoms with van der Waals surface area (Å²) in [7, 11) is 1.61. The Bertz CT molecular complexity index is 480. The minimum atomic E-state index is -0.647. The van der Waals surface area contributed by atoms with Crippen LogP contribution in [-0.2, 0) is 23.0 Å². The second-order valence-electron chi connectivity index (χ2n) is 4.48. The fourth-order valence-corrected chi connectivity index (χ4v) is 1.66. The number of carbonyl (C=O) groups excluding carboxylic acids is 2. The van der Waals surface area contributed by atoms with Gasteiger partial charge in [0.05, 0.1) is 11.4 Å². The van der Waals surface area contributed by atoms with Crippen molar-refractivity contribution in [2.75, 3.05) is 12.3 Å². The van der Waals surface area contributed by atoms with Crippen molar-refractivity contribution in [3.05, 3.63) is 11.4 Å². The maximum Gasteiger partial charge on any atom is 0.359 e. The van der Waals surface area contributed by atoms with Crippen molar-refractivity contribution in [2.24, 2.45) is 7.05 Å². The molecule has 0 aliphatic rings. The number of nitrogens with two attached hydrogens (primary N) is 1. The Balaban J connectivity index is 2.69. The summed E-state index contributed by atoms with van der Waals surface area (Å²) in [6.45, 7) is 5.21. The number of nitrogens with one attached hydrogen (secondary N) is 1. The molecule has 1 aromatic heterocycles. The molecule has 0 aliphatic carbocycles. The molecule has 7 heteroatoms. The van der Waals surface area contributed by atoms with Crippen molar-refractivity contribution < 1.29 is 14.3 Å². The third-order valence-electron chi connectivity index (χ3n) is 2.47. The zero-order chi connectivity index (χ0) is 14.6. The first-order valence-corrected chi connectivity index (χ1v) is 6.14. The predicted molar refractivity (Wildman–Crippen MR) is 70.6 cm³/mol. The van der Waals surface area contributed by atoms with Crippen LogP contribution < -0.4 is 11.1 Å². The van der Waals surface area contributed by atoms with Crippen molar-refractivity contribution in [3.8, 4) is 0 Å². The minimum Gasteiger partial charge on any atom is -0.451 e. The summed E-state index contributed by atoms with van der Waals surface area (Å²) in [5.41, 5.74) is 6.94. The van der Waals surface area contributed by atoms with Gasteiger partial charge in [-0.2, -0.15) is 5.10 Å². The van der Waals surface area contributed by atoms with Crippen LogP contribution in [0.1, 0.15) is 37.0 Å². The highest BCUT2D eigenvalue weighted by atomic mass is 16.5. The molecule has 0 unspecified atom stereocenters. The average molecular weight is 268 g/mol. The van der Waals surface area contributed by atoms with Crippen LogP contribution >= 0.6 is 0 Å². The molecule has 19 heavy (non-hydrogen) atoms. The molecule has 0 saturated heterocycles. The van der Waals surface area contributed by atoms with Gasteiger partial charge in [0.15, 0.2) is 12.3 Å². The van der Waals surface area contributed by atoms with Crippen LogP contribution in [0.5, 0.6) is 0 Å². The maximum absolute atomic E-state index is 11.9. The van der Waals surface area contributed by atoms with E-state index in [1.165, 1.54) is 4.68 Å². The van der Waals surface area contributed by atoms with E-state index in [4.69, 9.17) is 10.5 Å². The Labute approximate surface area is 112 Å². The van der Waals surface area contributed by atoms with Crippen LogP contribution in [0, 0.1) is 0 Å². The zero-order valence-electron chi connectivity index (χ0n) is 11.7. The first-order valence-electron chi connectivity index (χ1n) is 6.14. The highest BCUT2D eigenvalue weighted by molar-refractivity contribution is 5.95. The van der Waals surface area contributed by atoms with E-state index in [1.54, 1.807) is 7.05 Å². The molecule has 0 atom stereocenters. The number of anilines is 1. The highest BCUT2D eigenvalue weighted by Crippen LogP contribution is 2.17. The highest BCUT2D eigenvalue weighted by Gasteiger charge is 2.21. The van der Waals surface area contributed by atoms with E-state index in [-0.39, 0.29) is 24.2 Å². The van der Waals surface area contributed by atoms with Gasteiger partial charge in [-0.15, -0.1) is 0 Å². The number of nitrogens with zero attached hydrogens (tertiary/aromatic N) is 2. The van der Waals surface area contributed by atoms with E-state index in [0.717, 1.165) is 0 Å². The maximum atomic E-state index is 11.9. The second-order valence-corrected chi connectivity index (χ2v) is 4.48. The van der Waals surface area contributed by atoms with E-state index < -0.39 is 5.97 Å². The summed E-state index contributed by atoms with van der Waals surface area (Å²) in [5, 5.41) is 6.74. The first kappa shape index (κ1) is 15.0. The Hall–Kier alpha value is -2.05. The van der Waals surface area contributed by atoms with Gasteiger partial charge < -0.3 is 15.8 Å². The average Bonchev–Trinajstić information content (AvgIpc) is 2.60. The van der Waals surface area contributed by atoms with Gasteiger partial charge in [-0.3, -0.25) is 9.48 Å². The standard InChI is InChI=1S/C12H20N4O3/c1-5-8-10(13)11(16(4)15-8)12(18)19-6-9(17)14-7(2)3/h7H,5-6,13H2,1-4H3,(H,14,17). The van der Waals surface area contributed by atoms with Gasteiger partial charge in [-0.25, -0.2) is 4.79 Å². The number of amides is 1. The summed E-state index contributed by atoms with van der Waals surface area (Å²) in [4.78, 5) is 23.2. The van der Waals surface area contributed by atoms with Crippen LogP contribution in [-0.4, -0.2) is 34.3 Å². The van der Waals surface area contributed by atoms with Gasteiger partial charge >= 0.3 is 5.97 Å². The van der Waals surface area contributed by atoms with Crippen molar-refractivity contribution >= 4 is 17.6 Å². The Morgan fingerprint density at radius 2 is 2.11 bits per heavy atom. The molecule has 0 fully saturated rings. The van der Waals surface area contributed by atoms with Crippen LogP contribution in [0.3, 0.4) is 0 Å². The third-order valence-corrected chi connectivity index (χ3v) is 2.47. The minimum absolute atomic E-state index is 0.000307. The molecule has 0 radical (unpaired) electrons. The molecule has 3 N–H and O–H groups in total. The SMILES string of the molecule is CCc1nn(C)c(C(=O)OCC(=O)NC(C)C)c1N. The number of rotatable bonds is 5. The number of carbonyl (C=O) groups is 2. The number of nitrogen functional groups attached to an aromatic ring is 1. The lowest BCUT2D eigenvalue weighted by atomic mass is 10.2. The Morgan fingerprint density at radius 3 is 2.58 bits per heavy atom. The molecular weight excluding hydrogens is 248 g/mol. The third kappa shape index (κ3) is 3.70. The number of hydrogen-bond donors (Lipinski definition) is 2. The summed E-state index contributed by atoms with van der Waals surface area (Å²) < 4.78 is 6.29. The van der Waals surface area contributed by atoms with E-state index in [2.05, 4.69) is 10.4 Å². The number of aryl methyl sites for hydroxylation is 2. The summed E-state index contributed by atoms with van der Waals surface area (Å²) in [6, 6.07) is -0.000307. The summed E-state index contributed by atoms with van der Waals surface area (Å²) in [5.74, 6) is -0.995. The molecule has 1 rings (SSSR count). The smallest absolute Gasteiger partial charge is 0.359 e. The lowest BCUT2D eigenvalue weighted by Crippen LogP contribution is -2.34. The lowest BCUT2D eigenvalue weighted by molar-refractivity contribution is -0.124. The number of esters is 1. The molecule has 0 bridgehead atoms. The van der Waals surface area contributed by atoms with E-state index in [9.17, 15) is 9.59 Å². The molecule has 7 nitrogen and oxygen atoms in total. The topological polar surface area (TPSA) is 99.2 Å². The quantitative estimate of drug-likeness (QED) is 0.745. The fourth-order valence-electron chi connectivity index (χ4n) is 1.66. The number of ether oxygens (including phenoxy) is 1. The van der Waals surface area contributed by atoms with Gasteiger partial charge in [0, 0.05) is 13.1 Å². The molecule has 1 amide bonds. The monoisotopic (exact) mass is 268 g/mol. The largest absolute Gasteiger partial charge is 0.451 e. The van der Waals surface area contributed by atoms with Gasteiger partial charge in [0.2, 0.25) is 0 Å². The van der Waals surface area contributed by atoms with Crippen LogP contribution in [0.4, 0.5) is 5.69 Å². The van der Waals surface area contributed by atoms with Crippen LogP contribution in [0.2, 0.25) is 0 Å². The number of hydrogen-bond acceptors (Lipinski definition) is 5. The first-order chi connectivity index (χ1) is 8.86. The molecule has 0 aliphatic heterocycles. The van der Waals surface area contributed by atoms with Crippen molar-refractivity contribution in [3.63, 3.8) is 0 Å². The van der Waals surface area contributed by atoms with Gasteiger partial charge in [0.1, 0.15) is 0 Å². The van der Waals surface area contributed by atoms with E-state index in [1.807, 2.05) is 20.8 Å². The van der Waals surface area contributed by atoms with Gasteiger partial charge in [-0.05, 0) is 20.3 Å². The second kappa shape index (κ2) is 6.21. The lowest BCUT2D eigenvalue weighted by Gasteiger charge is -2.09. The van der Waals surface area contributed by atoms with E-state index in [0.29, 0.717) is 17.8 Å². The van der Waals surface area contributed by atoms with Crippen molar-refractivity contribution in [1.82, 2.24) is 15.1 Å². The molecule has 1 aromatic rings. The van der Waals surface area contributed by atoms with Crippen molar-refractivity contribution in [1.29, 1.82) is 0 Å². The molecule has 0 aromatic carbocycles. The molecular formula is C12H20N4O3. The van der Waals surface area contributed by atoms with Crippen molar-refractivity contribution in [2.45, 2.75) is 33.2 Å². The Morgan fingerprint density at radius 1 is 1.47 bits per heavy atom. The molecule has 0 spiro atoms. The Kier molecular flexibility index (Phi) is 4.91. The predicted octanol–water partition coefficient (Wildman–Crippen LogP) is 0.246. The van der Waals surface area contributed by atoms with Crippen LogP contribution in [0.25, 0.3) is 0 Å². The van der Waals surface area contributed by atoms with Gasteiger partial charge in [0.25, 0.3) is 5.91 Å². The zero-order valence-corrected chi connectivity index (χ0v) is 11.7. The van der Waals surface area contributed by atoms with Gasteiger partial charge in [-0.1, -0.05) is 6.92 Å². The molecule has 1 heterocycles. The summed E-state index contributed by atoms with van der Waals surface area (Å²) >= 11 is 0. The normalized spacial score (nSPS) is 10.6. The molecule has 106 valence electrons.